The summed E-state index contributed by atoms with van der Waals surface area (Å²) in [4.78, 5) is 0. The van der Waals surface area contributed by atoms with Gasteiger partial charge in [-0.1, -0.05) is 47.7 Å². The van der Waals surface area contributed by atoms with Gasteiger partial charge in [0, 0.05) is 12.6 Å². The molecule has 182 valence electrons. The highest BCUT2D eigenvalue weighted by atomic mass is 16.5. The molecule has 1 N–H and O–H groups in total. The van der Waals surface area contributed by atoms with Crippen molar-refractivity contribution in [2.24, 2.45) is 0 Å². The lowest BCUT2D eigenvalue weighted by atomic mass is 10.1. The molecule has 0 radical (unpaired) electrons. The maximum Gasteiger partial charge on any atom is 0.173 e. The van der Waals surface area contributed by atoms with E-state index >= 15 is 0 Å². The van der Waals surface area contributed by atoms with E-state index < -0.39 is 0 Å². The Bertz CT molecular complexity index is 1210. The van der Waals surface area contributed by atoms with Crippen molar-refractivity contribution in [1.82, 2.24) is 40.5 Å². The molecule has 0 amide bonds. The number of tetrazole rings is 1. The second kappa shape index (κ2) is 10.8. The third-order valence-corrected chi connectivity index (χ3v) is 6.36. The Labute approximate surface area is 205 Å². The first-order chi connectivity index (χ1) is 17.2. The number of benzene rings is 2. The Morgan fingerprint density at radius 3 is 2.60 bits per heavy atom. The first kappa shape index (κ1) is 23.2. The van der Waals surface area contributed by atoms with Gasteiger partial charge in [0.25, 0.3) is 0 Å². The first-order valence-electron chi connectivity index (χ1n) is 12.4. The molecule has 1 saturated carbocycles. The molecule has 0 spiro atoms. The fourth-order valence-corrected chi connectivity index (χ4v) is 4.46. The molecule has 1 fully saturated rings. The van der Waals surface area contributed by atoms with Crippen LogP contribution in [0.15, 0.2) is 60.8 Å². The first-order valence-corrected chi connectivity index (χ1v) is 12.4. The highest BCUT2D eigenvalue weighted by molar-refractivity contribution is 5.34. The van der Waals surface area contributed by atoms with Crippen LogP contribution in [0.2, 0.25) is 0 Å². The predicted molar refractivity (Wildman–Crippen MR) is 132 cm³/mol. The quantitative estimate of drug-likeness (QED) is 0.371. The molecule has 1 aliphatic rings. The Morgan fingerprint density at radius 2 is 1.83 bits per heavy atom. The van der Waals surface area contributed by atoms with Crippen LogP contribution in [0.25, 0.3) is 0 Å². The number of nitrogens with zero attached hydrogens (tertiary/aromatic N) is 7. The van der Waals surface area contributed by atoms with Crippen molar-refractivity contribution in [2.75, 3.05) is 0 Å². The zero-order valence-corrected chi connectivity index (χ0v) is 20.3. The molecule has 1 atom stereocenters. The zero-order chi connectivity index (χ0) is 24.0. The fraction of sp³-hybridized carbons (Fsp3) is 0.423. The van der Waals surface area contributed by atoms with Gasteiger partial charge in [-0.3, -0.25) is 5.32 Å². The molecule has 1 aliphatic carbocycles. The summed E-state index contributed by atoms with van der Waals surface area (Å²) >= 11 is 0. The summed E-state index contributed by atoms with van der Waals surface area (Å²) in [5, 5.41) is 24.9. The van der Waals surface area contributed by atoms with Crippen molar-refractivity contribution < 1.29 is 4.74 Å². The van der Waals surface area contributed by atoms with Crippen LogP contribution in [0.1, 0.15) is 74.3 Å². The molecule has 9 heteroatoms. The summed E-state index contributed by atoms with van der Waals surface area (Å²) in [6.07, 6.45) is 6.98. The third-order valence-electron chi connectivity index (χ3n) is 6.36. The average Bonchev–Trinajstić information content (AvgIpc) is 3.64. The van der Waals surface area contributed by atoms with E-state index in [0.717, 1.165) is 41.2 Å². The molecular formula is C26H32N8O. The second-order valence-electron chi connectivity index (χ2n) is 9.37. The molecule has 2 aromatic carbocycles. The Kier molecular flexibility index (Phi) is 7.13. The minimum atomic E-state index is -0.245. The van der Waals surface area contributed by atoms with E-state index in [4.69, 9.17) is 4.74 Å². The van der Waals surface area contributed by atoms with Crippen molar-refractivity contribution in [3.63, 3.8) is 0 Å². The van der Waals surface area contributed by atoms with Crippen LogP contribution in [0.4, 0.5) is 0 Å². The smallest absolute Gasteiger partial charge is 0.173 e. The van der Waals surface area contributed by atoms with E-state index in [1.807, 2.05) is 45.9 Å². The lowest BCUT2D eigenvalue weighted by molar-refractivity contribution is 0.209. The van der Waals surface area contributed by atoms with Gasteiger partial charge in [-0.15, -0.1) is 10.2 Å². The summed E-state index contributed by atoms with van der Waals surface area (Å²) in [6, 6.07) is 18.5. The standard InChI is InChI=1S/C26H32N8O/c1-19(2)33-18-22(28-31-33)16-27-25(21-11-8-14-24(15-21)35-23-12-6-7-13-23)26-29-30-32-34(26)17-20-9-4-3-5-10-20/h3-5,8-11,14-15,18-19,23,25,27H,6-7,12-13,16-17H2,1-2H3. The van der Waals surface area contributed by atoms with E-state index in [-0.39, 0.29) is 12.1 Å². The molecule has 0 bridgehead atoms. The van der Waals surface area contributed by atoms with Gasteiger partial charge in [-0.2, -0.15) is 0 Å². The van der Waals surface area contributed by atoms with Crippen molar-refractivity contribution in [3.05, 3.63) is 83.4 Å². The summed E-state index contributed by atoms with van der Waals surface area (Å²) in [7, 11) is 0. The highest BCUT2D eigenvalue weighted by Gasteiger charge is 2.23. The second-order valence-corrected chi connectivity index (χ2v) is 9.37. The molecule has 5 rings (SSSR count). The molecule has 2 aromatic heterocycles. The van der Waals surface area contributed by atoms with Crippen molar-refractivity contribution in [1.29, 1.82) is 0 Å². The van der Waals surface area contributed by atoms with Gasteiger partial charge >= 0.3 is 0 Å². The van der Waals surface area contributed by atoms with Crippen LogP contribution in [-0.4, -0.2) is 41.3 Å². The topological polar surface area (TPSA) is 95.6 Å². The monoisotopic (exact) mass is 472 g/mol. The summed E-state index contributed by atoms with van der Waals surface area (Å²) in [6.45, 7) is 5.29. The van der Waals surface area contributed by atoms with Gasteiger partial charge in [0.2, 0.25) is 0 Å². The van der Waals surface area contributed by atoms with Crippen LogP contribution >= 0.6 is 0 Å². The number of hydrogen-bond donors (Lipinski definition) is 1. The van der Waals surface area contributed by atoms with Crippen LogP contribution in [0, 0.1) is 0 Å². The van der Waals surface area contributed by atoms with Gasteiger partial charge in [0.15, 0.2) is 5.82 Å². The van der Waals surface area contributed by atoms with Gasteiger partial charge in [-0.25, -0.2) is 9.36 Å². The third kappa shape index (κ3) is 5.74. The van der Waals surface area contributed by atoms with Crippen molar-refractivity contribution in [3.8, 4) is 5.75 Å². The maximum absolute atomic E-state index is 6.29. The van der Waals surface area contributed by atoms with Crippen LogP contribution in [0.3, 0.4) is 0 Å². The Hall–Kier alpha value is -3.59. The van der Waals surface area contributed by atoms with E-state index in [1.54, 1.807) is 0 Å². The number of hydrogen-bond acceptors (Lipinski definition) is 7. The molecule has 0 saturated heterocycles. The lowest BCUT2D eigenvalue weighted by Crippen LogP contribution is -2.26. The van der Waals surface area contributed by atoms with Gasteiger partial charge in [-0.05, 0) is 73.2 Å². The number of aromatic nitrogens is 7. The SMILES string of the molecule is CC(C)n1cc(CNC(c2cccc(OC3CCCC3)c2)c2nnnn2Cc2ccccc2)nn1. The van der Waals surface area contributed by atoms with E-state index in [2.05, 4.69) is 69.3 Å². The van der Waals surface area contributed by atoms with Crippen LogP contribution < -0.4 is 10.1 Å². The molecule has 1 unspecified atom stereocenters. The molecule has 0 aliphatic heterocycles. The fourth-order valence-electron chi connectivity index (χ4n) is 4.46. The average molecular weight is 473 g/mol. The number of nitrogens with one attached hydrogen (secondary N) is 1. The normalized spacial score (nSPS) is 15.1. The number of rotatable bonds is 10. The molecule has 4 aromatic rings. The summed E-state index contributed by atoms with van der Waals surface area (Å²) in [5.74, 6) is 1.62. The van der Waals surface area contributed by atoms with Gasteiger partial charge < -0.3 is 4.74 Å². The summed E-state index contributed by atoms with van der Waals surface area (Å²) < 4.78 is 10.0. The molecule has 35 heavy (non-hydrogen) atoms. The predicted octanol–water partition coefficient (Wildman–Crippen LogP) is 4.09. The van der Waals surface area contributed by atoms with Gasteiger partial charge in [0.1, 0.15) is 5.75 Å². The largest absolute Gasteiger partial charge is 0.490 e. The van der Waals surface area contributed by atoms with E-state index in [1.165, 1.54) is 12.8 Å². The maximum atomic E-state index is 6.29. The van der Waals surface area contributed by atoms with Crippen LogP contribution in [-0.2, 0) is 13.1 Å². The van der Waals surface area contributed by atoms with Crippen molar-refractivity contribution >= 4 is 0 Å². The molecule has 9 nitrogen and oxygen atoms in total. The van der Waals surface area contributed by atoms with E-state index in [9.17, 15) is 0 Å². The molecule has 2 heterocycles. The minimum Gasteiger partial charge on any atom is -0.490 e. The van der Waals surface area contributed by atoms with Crippen LogP contribution in [0.5, 0.6) is 5.75 Å². The lowest BCUT2D eigenvalue weighted by Gasteiger charge is -2.20. The highest BCUT2D eigenvalue weighted by Crippen LogP contribution is 2.28. The Balaban J connectivity index is 1.42. The van der Waals surface area contributed by atoms with Gasteiger partial charge in [0.05, 0.1) is 30.6 Å². The zero-order valence-electron chi connectivity index (χ0n) is 20.3. The van der Waals surface area contributed by atoms with E-state index in [0.29, 0.717) is 19.2 Å². The number of ether oxygens (including phenoxy) is 1. The minimum absolute atomic E-state index is 0.245. The molecular weight excluding hydrogens is 440 g/mol. The summed E-state index contributed by atoms with van der Waals surface area (Å²) in [5.41, 5.74) is 3.04. The Morgan fingerprint density at radius 1 is 1.00 bits per heavy atom. The van der Waals surface area contributed by atoms with Crippen molar-refractivity contribution in [2.45, 2.75) is 70.8 Å².